The van der Waals surface area contributed by atoms with Gasteiger partial charge in [-0.3, -0.25) is 4.79 Å². The molecule has 3 aromatic rings. The van der Waals surface area contributed by atoms with Gasteiger partial charge in [-0.1, -0.05) is 11.6 Å². The zero-order valence-electron chi connectivity index (χ0n) is 16.0. The Morgan fingerprint density at radius 1 is 1.10 bits per heavy atom. The average Bonchev–Trinajstić information content (AvgIpc) is 3.18. The monoisotopic (exact) mass is 439 g/mol. The van der Waals surface area contributed by atoms with Crippen LogP contribution in [0.4, 0.5) is 13.2 Å². The number of hydrogen-bond acceptors (Lipinski definition) is 4. The van der Waals surface area contributed by atoms with E-state index in [1.807, 2.05) is 0 Å². The third-order valence-corrected chi connectivity index (χ3v) is 4.47. The van der Waals surface area contributed by atoms with Crippen molar-refractivity contribution in [1.82, 2.24) is 15.1 Å². The van der Waals surface area contributed by atoms with Gasteiger partial charge in [-0.15, -0.1) is 0 Å². The maximum Gasteiger partial charge on any atom is 0.434 e. The van der Waals surface area contributed by atoms with Crippen LogP contribution in [0.15, 0.2) is 48.7 Å². The lowest BCUT2D eigenvalue weighted by molar-refractivity contribution is -0.143. The van der Waals surface area contributed by atoms with Crippen LogP contribution in [0.2, 0.25) is 5.02 Å². The number of ether oxygens (including phenoxy) is 2. The highest BCUT2D eigenvalue weighted by atomic mass is 35.5. The van der Waals surface area contributed by atoms with Crippen LogP contribution in [-0.4, -0.2) is 29.9 Å². The maximum atomic E-state index is 13.7. The molecular formula is C20H17ClF3N3O3. The molecule has 2 aromatic carbocycles. The van der Waals surface area contributed by atoms with Crippen LogP contribution >= 0.6 is 11.6 Å². The molecule has 1 N–H and O–H groups in total. The molecule has 0 aliphatic rings. The topological polar surface area (TPSA) is 65.4 Å². The van der Waals surface area contributed by atoms with Crippen LogP contribution in [0.25, 0.3) is 5.69 Å². The number of benzene rings is 2. The Bertz CT molecular complexity index is 1030. The van der Waals surface area contributed by atoms with Gasteiger partial charge in [0.2, 0.25) is 0 Å². The Kier molecular flexibility index (Phi) is 6.21. The number of rotatable bonds is 6. The number of nitrogens with one attached hydrogen (secondary N) is 1. The van der Waals surface area contributed by atoms with Crippen LogP contribution < -0.4 is 14.8 Å². The van der Waals surface area contributed by atoms with E-state index in [0.717, 1.165) is 6.20 Å². The van der Waals surface area contributed by atoms with Gasteiger partial charge in [-0.05, 0) is 42.0 Å². The zero-order valence-corrected chi connectivity index (χ0v) is 16.7. The van der Waals surface area contributed by atoms with Gasteiger partial charge in [0.05, 0.1) is 31.7 Å². The van der Waals surface area contributed by atoms with E-state index in [-0.39, 0.29) is 12.2 Å². The van der Waals surface area contributed by atoms with Gasteiger partial charge in [0, 0.05) is 17.6 Å². The van der Waals surface area contributed by atoms with E-state index in [1.165, 1.54) is 38.5 Å². The molecule has 10 heteroatoms. The number of amides is 1. The molecule has 3 rings (SSSR count). The number of aromatic nitrogens is 2. The van der Waals surface area contributed by atoms with E-state index in [4.69, 9.17) is 21.1 Å². The molecule has 30 heavy (non-hydrogen) atoms. The van der Waals surface area contributed by atoms with Crippen LogP contribution in [0, 0.1) is 0 Å². The van der Waals surface area contributed by atoms with Crippen LogP contribution in [0.3, 0.4) is 0 Å². The summed E-state index contributed by atoms with van der Waals surface area (Å²) in [5.74, 6) is 0.0691. The molecule has 0 unspecified atom stereocenters. The first-order valence-corrected chi connectivity index (χ1v) is 9.02. The summed E-state index contributed by atoms with van der Waals surface area (Å²) in [5.41, 5.74) is -1.04. The van der Waals surface area contributed by atoms with Crippen molar-refractivity contribution < 1.29 is 27.4 Å². The van der Waals surface area contributed by atoms with Crippen molar-refractivity contribution in [3.8, 4) is 17.2 Å². The lowest BCUT2D eigenvalue weighted by Gasteiger charge is -2.13. The molecule has 0 fully saturated rings. The summed E-state index contributed by atoms with van der Waals surface area (Å²) < 4.78 is 52.1. The first kappa shape index (κ1) is 21.5. The van der Waals surface area contributed by atoms with Crippen molar-refractivity contribution in [2.45, 2.75) is 12.7 Å². The fourth-order valence-corrected chi connectivity index (χ4v) is 2.94. The van der Waals surface area contributed by atoms with Crippen molar-refractivity contribution in [2.24, 2.45) is 0 Å². The maximum absolute atomic E-state index is 13.7. The SMILES string of the molecule is COc1cc(CNC(=O)c2cnn(-c3ccc(Cl)cc3)c2C(F)(F)F)cc(OC)c1. The van der Waals surface area contributed by atoms with Crippen molar-refractivity contribution >= 4 is 17.5 Å². The van der Waals surface area contributed by atoms with Gasteiger partial charge >= 0.3 is 6.18 Å². The van der Waals surface area contributed by atoms with Crippen LogP contribution in [-0.2, 0) is 12.7 Å². The van der Waals surface area contributed by atoms with Crippen LogP contribution in [0.5, 0.6) is 11.5 Å². The average molecular weight is 440 g/mol. The minimum atomic E-state index is -4.80. The normalized spacial score (nSPS) is 11.3. The van der Waals surface area contributed by atoms with Crippen molar-refractivity contribution in [1.29, 1.82) is 0 Å². The quantitative estimate of drug-likeness (QED) is 0.614. The van der Waals surface area contributed by atoms with E-state index in [2.05, 4.69) is 10.4 Å². The number of carbonyl (C=O) groups is 1. The molecule has 1 heterocycles. The first-order valence-electron chi connectivity index (χ1n) is 8.64. The number of halogens is 4. The Labute approximate surface area is 175 Å². The molecule has 158 valence electrons. The van der Waals surface area contributed by atoms with Gasteiger partial charge < -0.3 is 14.8 Å². The summed E-state index contributed by atoms with van der Waals surface area (Å²) in [6, 6.07) is 10.6. The number of alkyl halides is 3. The third kappa shape index (κ3) is 4.68. The van der Waals surface area contributed by atoms with E-state index >= 15 is 0 Å². The van der Waals surface area contributed by atoms with E-state index in [1.54, 1.807) is 18.2 Å². The van der Waals surface area contributed by atoms with Crippen molar-refractivity contribution in [2.75, 3.05) is 14.2 Å². The van der Waals surface area contributed by atoms with E-state index in [9.17, 15) is 18.0 Å². The molecular weight excluding hydrogens is 423 g/mol. The summed E-state index contributed by atoms with van der Waals surface area (Å²) in [5, 5.41) is 6.61. The highest BCUT2D eigenvalue weighted by Gasteiger charge is 2.40. The summed E-state index contributed by atoms with van der Waals surface area (Å²) in [4.78, 5) is 12.5. The smallest absolute Gasteiger partial charge is 0.434 e. The minimum Gasteiger partial charge on any atom is -0.497 e. The Balaban J connectivity index is 1.88. The summed E-state index contributed by atoms with van der Waals surface area (Å²) in [6.07, 6.45) is -3.92. The second-order valence-corrected chi connectivity index (χ2v) is 6.63. The molecule has 0 saturated heterocycles. The molecule has 0 radical (unpaired) electrons. The van der Waals surface area contributed by atoms with Crippen LogP contribution in [0.1, 0.15) is 21.6 Å². The Hall–Kier alpha value is -3.20. The molecule has 0 aliphatic carbocycles. The molecule has 1 amide bonds. The summed E-state index contributed by atoms with van der Waals surface area (Å²) in [7, 11) is 2.94. The molecule has 0 aliphatic heterocycles. The Morgan fingerprint density at radius 3 is 2.23 bits per heavy atom. The third-order valence-electron chi connectivity index (χ3n) is 4.22. The second-order valence-electron chi connectivity index (χ2n) is 6.20. The van der Waals surface area contributed by atoms with Gasteiger partial charge in [0.1, 0.15) is 11.5 Å². The largest absolute Gasteiger partial charge is 0.497 e. The van der Waals surface area contributed by atoms with Gasteiger partial charge in [-0.2, -0.15) is 18.3 Å². The van der Waals surface area contributed by atoms with E-state index in [0.29, 0.717) is 26.8 Å². The van der Waals surface area contributed by atoms with E-state index < -0.39 is 23.3 Å². The summed E-state index contributed by atoms with van der Waals surface area (Å²) in [6.45, 7) is -0.0319. The number of hydrogen-bond donors (Lipinski definition) is 1. The zero-order chi connectivity index (χ0) is 21.9. The lowest BCUT2D eigenvalue weighted by atomic mass is 10.1. The minimum absolute atomic E-state index is 0.0319. The predicted octanol–water partition coefficient (Wildman–Crippen LogP) is 4.49. The number of methoxy groups -OCH3 is 2. The molecule has 0 bridgehead atoms. The van der Waals surface area contributed by atoms with Gasteiger partial charge in [-0.25, -0.2) is 4.68 Å². The second kappa shape index (κ2) is 8.66. The van der Waals surface area contributed by atoms with Crippen molar-refractivity contribution in [3.05, 3.63) is 70.5 Å². The fraction of sp³-hybridized carbons (Fsp3) is 0.200. The molecule has 0 atom stereocenters. The predicted molar refractivity (Wildman–Crippen MR) is 104 cm³/mol. The highest BCUT2D eigenvalue weighted by Crippen LogP contribution is 2.34. The molecule has 6 nitrogen and oxygen atoms in total. The lowest BCUT2D eigenvalue weighted by Crippen LogP contribution is -2.26. The molecule has 0 saturated carbocycles. The fourth-order valence-electron chi connectivity index (χ4n) is 2.81. The molecule has 1 aromatic heterocycles. The number of carbonyl (C=O) groups excluding carboxylic acids is 1. The van der Waals surface area contributed by atoms with Crippen molar-refractivity contribution in [3.63, 3.8) is 0 Å². The Morgan fingerprint density at radius 2 is 1.70 bits per heavy atom. The first-order chi connectivity index (χ1) is 14.2. The standard InChI is InChI=1S/C20H17ClF3N3O3/c1-29-15-7-12(8-16(9-15)30-2)10-25-19(28)17-11-26-27(18(17)20(22,23)24)14-5-3-13(21)4-6-14/h3-9,11H,10H2,1-2H3,(H,25,28). The van der Waals surface area contributed by atoms with Gasteiger partial charge in [0.25, 0.3) is 5.91 Å². The highest BCUT2D eigenvalue weighted by molar-refractivity contribution is 6.30. The summed E-state index contributed by atoms with van der Waals surface area (Å²) >= 11 is 5.79. The molecule has 0 spiro atoms. The number of nitrogens with zero attached hydrogens (tertiary/aromatic N) is 2. The van der Waals surface area contributed by atoms with Gasteiger partial charge in [0.15, 0.2) is 5.69 Å².